The van der Waals surface area contributed by atoms with Crippen molar-refractivity contribution >= 4 is 41.5 Å². The topological polar surface area (TPSA) is 83.3 Å². The van der Waals surface area contributed by atoms with Gasteiger partial charge in [0.1, 0.15) is 0 Å². The molecule has 0 aliphatic carbocycles. The van der Waals surface area contributed by atoms with Crippen LogP contribution in [0.25, 0.3) is 0 Å². The summed E-state index contributed by atoms with van der Waals surface area (Å²) in [6, 6.07) is 18.1. The van der Waals surface area contributed by atoms with Crippen molar-refractivity contribution in [1.29, 1.82) is 0 Å². The third-order valence-corrected chi connectivity index (χ3v) is 4.93. The summed E-state index contributed by atoms with van der Waals surface area (Å²) >= 11 is 0. The van der Waals surface area contributed by atoms with Gasteiger partial charge in [-0.15, -0.1) is 24.0 Å². The maximum Gasteiger partial charge on any atom is 0.224 e. The number of amides is 1. The lowest BCUT2D eigenvalue weighted by molar-refractivity contribution is -0.116. The molecule has 8 heteroatoms. The molecule has 176 valence electrons. The summed E-state index contributed by atoms with van der Waals surface area (Å²) in [5, 5.41) is 14.0. The zero-order valence-corrected chi connectivity index (χ0v) is 21.6. The summed E-state index contributed by atoms with van der Waals surface area (Å²) in [6.45, 7) is 6.79. The summed E-state index contributed by atoms with van der Waals surface area (Å²) in [4.78, 5) is 16.4. The van der Waals surface area contributed by atoms with E-state index in [1.807, 2.05) is 48.1 Å². The van der Waals surface area contributed by atoms with Crippen LogP contribution in [0.5, 0.6) is 0 Å². The number of nitrogens with one attached hydrogen (secondary N) is 3. The first kappa shape index (κ1) is 26.4. The van der Waals surface area contributed by atoms with E-state index in [4.69, 9.17) is 4.99 Å². The number of hydrogen-bond acceptors (Lipinski definition) is 3. The van der Waals surface area contributed by atoms with Gasteiger partial charge in [-0.1, -0.05) is 43.3 Å². The van der Waals surface area contributed by atoms with Gasteiger partial charge in [-0.2, -0.15) is 5.10 Å². The van der Waals surface area contributed by atoms with Gasteiger partial charge in [0.05, 0.1) is 13.1 Å². The second kappa shape index (κ2) is 14.3. The highest BCUT2D eigenvalue weighted by Crippen LogP contribution is 2.12. The Morgan fingerprint density at radius 1 is 1.00 bits per heavy atom. The average molecular weight is 560 g/mol. The second-order valence-electron chi connectivity index (χ2n) is 7.52. The first-order chi connectivity index (χ1) is 15.7. The van der Waals surface area contributed by atoms with E-state index in [2.05, 4.69) is 52.2 Å². The highest BCUT2D eigenvalue weighted by molar-refractivity contribution is 14.0. The molecule has 1 amide bonds. The van der Waals surface area contributed by atoms with Gasteiger partial charge in [0.2, 0.25) is 5.91 Å². The number of benzene rings is 2. The fourth-order valence-corrected chi connectivity index (χ4v) is 3.29. The first-order valence-electron chi connectivity index (χ1n) is 11.1. The molecule has 0 saturated heterocycles. The van der Waals surface area contributed by atoms with Gasteiger partial charge in [-0.25, -0.2) is 4.99 Å². The molecule has 7 nitrogen and oxygen atoms in total. The second-order valence-corrected chi connectivity index (χ2v) is 7.52. The molecule has 0 atom stereocenters. The Morgan fingerprint density at radius 3 is 2.42 bits per heavy atom. The van der Waals surface area contributed by atoms with Crippen LogP contribution in [0.4, 0.5) is 5.69 Å². The summed E-state index contributed by atoms with van der Waals surface area (Å²) in [7, 11) is 0. The standard InChI is InChI=1S/C25H32N6O.HI/c1-3-8-24(32)30-23-13-11-20(12-14-23)17-27-25(26-4-2)28-18-21-9-5-6-10-22(21)19-31-16-7-15-29-31;/h5-7,9-16H,3-4,8,17-19H2,1-2H3,(H,30,32)(H2,26,27,28);1H. The van der Waals surface area contributed by atoms with Gasteiger partial charge in [0, 0.05) is 37.6 Å². The third kappa shape index (κ3) is 8.88. The number of carbonyl (C=O) groups excluding carboxylic acids is 1. The van der Waals surface area contributed by atoms with E-state index in [1.54, 1.807) is 6.20 Å². The fraction of sp³-hybridized carbons (Fsp3) is 0.320. The maximum absolute atomic E-state index is 11.7. The number of hydrogen-bond donors (Lipinski definition) is 3. The summed E-state index contributed by atoms with van der Waals surface area (Å²) in [5.41, 5.74) is 4.32. The van der Waals surface area contributed by atoms with Crippen LogP contribution in [0, 0.1) is 0 Å². The Kier molecular flexibility index (Phi) is 11.4. The highest BCUT2D eigenvalue weighted by Gasteiger charge is 2.05. The smallest absolute Gasteiger partial charge is 0.224 e. The Labute approximate surface area is 213 Å². The quantitative estimate of drug-likeness (QED) is 0.193. The van der Waals surface area contributed by atoms with Gasteiger partial charge in [0.25, 0.3) is 0 Å². The van der Waals surface area contributed by atoms with Crippen molar-refractivity contribution in [2.45, 2.75) is 46.3 Å². The SMILES string of the molecule is CCCC(=O)Nc1ccc(CN=C(NCC)NCc2ccccc2Cn2cccn2)cc1.I. The molecule has 33 heavy (non-hydrogen) atoms. The van der Waals surface area contributed by atoms with Gasteiger partial charge >= 0.3 is 0 Å². The van der Waals surface area contributed by atoms with Crippen LogP contribution in [0.2, 0.25) is 0 Å². The number of carbonyl (C=O) groups is 1. The fourth-order valence-electron chi connectivity index (χ4n) is 3.29. The Morgan fingerprint density at radius 2 is 1.76 bits per heavy atom. The summed E-state index contributed by atoms with van der Waals surface area (Å²) in [6.07, 6.45) is 5.14. The van der Waals surface area contributed by atoms with E-state index in [0.29, 0.717) is 19.5 Å². The van der Waals surface area contributed by atoms with E-state index in [-0.39, 0.29) is 29.9 Å². The number of guanidine groups is 1. The van der Waals surface area contributed by atoms with E-state index in [9.17, 15) is 4.79 Å². The number of aliphatic imine (C=N–C) groups is 1. The van der Waals surface area contributed by atoms with Crippen molar-refractivity contribution < 1.29 is 4.79 Å². The molecule has 2 aromatic carbocycles. The number of nitrogens with zero attached hydrogens (tertiary/aromatic N) is 3. The van der Waals surface area contributed by atoms with Crippen LogP contribution in [0.3, 0.4) is 0 Å². The number of anilines is 1. The van der Waals surface area contributed by atoms with Crippen molar-refractivity contribution in [2.24, 2.45) is 4.99 Å². The molecule has 0 fully saturated rings. The lowest BCUT2D eigenvalue weighted by atomic mass is 10.1. The first-order valence-corrected chi connectivity index (χ1v) is 11.1. The van der Waals surface area contributed by atoms with Crippen LogP contribution >= 0.6 is 24.0 Å². The third-order valence-electron chi connectivity index (χ3n) is 4.93. The van der Waals surface area contributed by atoms with E-state index >= 15 is 0 Å². The lowest BCUT2D eigenvalue weighted by Crippen LogP contribution is -2.37. The molecule has 1 aromatic heterocycles. The lowest BCUT2D eigenvalue weighted by Gasteiger charge is -2.14. The molecular weight excluding hydrogens is 527 g/mol. The average Bonchev–Trinajstić information content (AvgIpc) is 3.31. The molecule has 0 radical (unpaired) electrons. The normalized spacial score (nSPS) is 10.9. The van der Waals surface area contributed by atoms with E-state index < -0.39 is 0 Å². The van der Waals surface area contributed by atoms with Crippen LogP contribution < -0.4 is 16.0 Å². The monoisotopic (exact) mass is 560 g/mol. The molecule has 0 spiro atoms. The Bertz CT molecular complexity index is 1000. The van der Waals surface area contributed by atoms with Crippen LogP contribution in [-0.2, 0) is 24.4 Å². The summed E-state index contributed by atoms with van der Waals surface area (Å²) < 4.78 is 1.92. The van der Waals surface area contributed by atoms with Crippen molar-refractivity contribution in [1.82, 2.24) is 20.4 Å². The maximum atomic E-state index is 11.7. The minimum Gasteiger partial charge on any atom is -0.357 e. The molecule has 0 saturated carbocycles. The molecule has 0 aliphatic heterocycles. The Balaban J connectivity index is 0.00000385. The predicted octanol–water partition coefficient (Wildman–Crippen LogP) is 4.54. The van der Waals surface area contributed by atoms with Gasteiger partial charge < -0.3 is 16.0 Å². The van der Waals surface area contributed by atoms with Crippen LogP contribution in [0.15, 0.2) is 72.0 Å². The summed E-state index contributed by atoms with van der Waals surface area (Å²) in [5.74, 6) is 0.812. The van der Waals surface area contributed by atoms with Gasteiger partial charge in [-0.3, -0.25) is 9.48 Å². The van der Waals surface area contributed by atoms with Crippen molar-refractivity contribution in [3.05, 3.63) is 83.7 Å². The Hall–Kier alpha value is -2.88. The molecule has 0 unspecified atom stereocenters. The molecular formula is C25H33IN6O. The number of rotatable bonds is 10. The minimum atomic E-state index is 0. The minimum absolute atomic E-state index is 0. The molecule has 3 aromatic rings. The number of aromatic nitrogens is 2. The van der Waals surface area contributed by atoms with Gasteiger partial charge in [-0.05, 0) is 48.2 Å². The van der Waals surface area contributed by atoms with Crippen LogP contribution in [-0.4, -0.2) is 28.2 Å². The molecule has 1 heterocycles. The molecule has 3 N–H and O–H groups in total. The number of halogens is 1. The van der Waals surface area contributed by atoms with Crippen molar-refractivity contribution in [3.63, 3.8) is 0 Å². The highest BCUT2D eigenvalue weighted by atomic mass is 127. The zero-order chi connectivity index (χ0) is 22.6. The van der Waals surface area contributed by atoms with Crippen LogP contribution in [0.1, 0.15) is 43.4 Å². The zero-order valence-electron chi connectivity index (χ0n) is 19.3. The van der Waals surface area contributed by atoms with Crippen molar-refractivity contribution in [2.75, 3.05) is 11.9 Å². The van der Waals surface area contributed by atoms with E-state index in [0.717, 1.165) is 36.7 Å². The van der Waals surface area contributed by atoms with E-state index in [1.165, 1.54) is 11.1 Å². The largest absolute Gasteiger partial charge is 0.357 e. The molecule has 3 rings (SSSR count). The van der Waals surface area contributed by atoms with Gasteiger partial charge in [0.15, 0.2) is 5.96 Å². The molecule has 0 bridgehead atoms. The predicted molar refractivity (Wildman–Crippen MR) is 145 cm³/mol. The van der Waals surface area contributed by atoms with Crippen molar-refractivity contribution in [3.8, 4) is 0 Å². The molecule has 0 aliphatic rings.